The van der Waals surface area contributed by atoms with Crippen molar-refractivity contribution in [3.8, 4) is 22.8 Å². The number of phenols is 1. The monoisotopic (exact) mass is 335 g/mol. The number of aromatic nitrogens is 2. The number of phenolic OH excluding ortho intramolecular Hbond substituents is 1. The molecule has 1 aliphatic rings. The van der Waals surface area contributed by atoms with Gasteiger partial charge in [-0.15, -0.1) is 0 Å². The Morgan fingerprint density at radius 3 is 2.68 bits per heavy atom. The number of methoxy groups -OCH3 is 1. The molecular weight excluding hydrogens is 318 g/mol. The van der Waals surface area contributed by atoms with E-state index in [2.05, 4.69) is 10.2 Å². The Morgan fingerprint density at radius 2 is 1.96 bits per heavy atom. The molecule has 0 fully saturated rings. The minimum atomic E-state index is -0.300. The second kappa shape index (κ2) is 5.66. The summed E-state index contributed by atoms with van der Waals surface area (Å²) in [5, 5.41) is 17.1. The third-order valence-corrected chi connectivity index (χ3v) is 4.57. The molecule has 1 atom stereocenters. The third-order valence-electron chi connectivity index (χ3n) is 4.57. The number of nitrogens with one attached hydrogen (secondary N) is 1. The maximum Gasteiger partial charge on any atom is 0.272 e. The van der Waals surface area contributed by atoms with Gasteiger partial charge >= 0.3 is 0 Å². The summed E-state index contributed by atoms with van der Waals surface area (Å²) in [5.41, 5.74) is 3.89. The van der Waals surface area contributed by atoms with Crippen molar-refractivity contribution in [2.75, 3.05) is 14.2 Å². The van der Waals surface area contributed by atoms with Crippen LogP contribution in [0.3, 0.4) is 0 Å². The van der Waals surface area contributed by atoms with Crippen LogP contribution in [0, 0.1) is 0 Å². The lowest BCUT2D eigenvalue weighted by atomic mass is 9.96. The van der Waals surface area contributed by atoms with Crippen molar-refractivity contribution in [2.45, 2.75) is 6.04 Å². The Kier molecular flexibility index (Phi) is 3.46. The zero-order valence-corrected chi connectivity index (χ0v) is 13.9. The molecule has 1 aromatic heterocycles. The molecule has 0 radical (unpaired) electrons. The van der Waals surface area contributed by atoms with E-state index in [1.807, 2.05) is 30.3 Å². The van der Waals surface area contributed by atoms with Gasteiger partial charge in [0, 0.05) is 18.2 Å². The van der Waals surface area contributed by atoms with Gasteiger partial charge in [0.1, 0.15) is 5.69 Å². The summed E-state index contributed by atoms with van der Waals surface area (Å²) in [7, 11) is 3.26. The maximum atomic E-state index is 12.6. The van der Waals surface area contributed by atoms with Gasteiger partial charge in [0.15, 0.2) is 11.5 Å². The van der Waals surface area contributed by atoms with Crippen LogP contribution in [-0.2, 0) is 0 Å². The Hall–Kier alpha value is -3.28. The Balaban J connectivity index is 1.89. The van der Waals surface area contributed by atoms with E-state index < -0.39 is 0 Å². The molecule has 2 N–H and O–H groups in total. The second-order valence-electron chi connectivity index (χ2n) is 5.98. The number of hydrogen-bond acceptors (Lipinski definition) is 4. The van der Waals surface area contributed by atoms with Crippen LogP contribution in [0.25, 0.3) is 11.3 Å². The van der Waals surface area contributed by atoms with Gasteiger partial charge < -0.3 is 14.7 Å². The standard InChI is InChI=1S/C19H17N3O3/c1-22-18(12-8-9-13(23)14(10-12)25-2)15-16(11-6-4-3-5-7-11)20-21-17(15)19(22)24/h3-10,18,23H,1-2H3,(H,20,21)/t18-/m1/s1. The number of rotatable bonds is 3. The van der Waals surface area contributed by atoms with Crippen molar-refractivity contribution in [1.29, 1.82) is 0 Å². The first-order valence-corrected chi connectivity index (χ1v) is 7.89. The first-order chi connectivity index (χ1) is 12.1. The van der Waals surface area contributed by atoms with Gasteiger partial charge in [-0.3, -0.25) is 9.89 Å². The molecule has 0 bridgehead atoms. The molecule has 0 saturated heterocycles. The Bertz CT molecular complexity index is 950. The molecule has 4 rings (SSSR count). The molecule has 1 aliphatic heterocycles. The van der Waals surface area contributed by atoms with Crippen LogP contribution in [0.15, 0.2) is 48.5 Å². The van der Waals surface area contributed by atoms with E-state index in [1.54, 1.807) is 30.1 Å². The highest BCUT2D eigenvalue weighted by molar-refractivity contribution is 6.00. The fraction of sp³-hybridized carbons (Fsp3) is 0.158. The van der Waals surface area contributed by atoms with Crippen molar-refractivity contribution >= 4 is 5.91 Å². The summed E-state index contributed by atoms with van der Waals surface area (Å²) in [6.45, 7) is 0. The number of hydrogen-bond donors (Lipinski definition) is 2. The highest BCUT2D eigenvalue weighted by atomic mass is 16.5. The lowest BCUT2D eigenvalue weighted by Gasteiger charge is -2.22. The molecule has 0 aliphatic carbocycles. The SMILES string of the molecule is COc1cc([C@@H]2c3c(-c4ccccc4)n[nH]c3C(=O)N2C)ccc1O. The van der Waals surface area contributed by atoms with Crippen molar-refractivity contribution in [3.05, 3.63) is 65.4 Å². The fourth-order valence-electron chi connectivity index (χ4n) is 3.34. The van der Waals surface area contributed by atoms with Crippen LogP contribution in [0.4, 0.5) is 0 Å². The van der Waals surface area contributed by atoms with E-state index in [0.29, 0.717) is 11.4 Å². The highest BCUT2D eigenvalue weighted by Crippen LogP contribution is 2.43. The number of H-pyrrole nitrogens is 1. The van der Waals surface area contributed by atoms with Gasteiger partial charge in [-0.2, -0.15) is 5.10 Å². The van der Waals surface area contributed by atoms with E-state index >= 15 is 0 Å². The average molecular weight is 335 g/mol. The molecule has 3 aromatic rings. The number of nitrogens with zero attached hydrogens (tertiary/aromatic N) is 2. The number of ether oxygens (including phenoxy) is 1. The first-order valence-electron chi connectivity index (χ1n) is 7.89. The van der Waals surface area contributed by atoms with E-state index in [-0.39, 0.29) is 17.7 Å². The predicted octanol–water partition coefficient (Wildman–Crippen LogP) is 2.97. The minimum absolute atomic E-state index is 0.0638. The van der Waals surface area contributed by atoms with E-state index in [1.165, 1.54) is 7.11 Å². The smallest absolute Gasteiger partial charge is 0.272 e. The van der Waals surface area contributed by atoms with Gasteiger partial charge in [0.25, 0.3) is 5.91 Å². The largest absolute Gasteiger partial charge is 0.504 e. The summed E-state index contributed by atoms with van der Waals surface area (Å²) in [5.74, 6) is 0.326. The molecule has 6 nitrogen and oxygen atoms in total. The van der Waals surface area contributed by atoms with Crippen LogP contribution in [-0.4, -0.2) is 40.3 Å². The average Bonchev–Trinajstić information content (AvgIpc) is 3.17. The predicted molar refractivity (Wildman–Crippen MR) is 92.6 cm³/mol. The normalized spacial score (nSPS) is 16.2. The van der Waals surface area contributed by atoms with Gasteiger partial charge in [-0.1, -0.05) is 36.4 Å². The molecule has 0 spiro atoms. The van der Waals surface area contributed by atoms with Crippen LogP contribution in [0.2, 0.25) is 0 Å². The van der Waals surface area contributed by atoms with Crippen molar-refractivity contribution in [1.82, 2.24) is 15.1 Å². The number of fused-ring (bicyclic) bond motifs is 1. The van der Waals surface area contributed by atoms with E-state index in [0.717, 1.165) is 22.4 Å². The van der Waals surface area contributed by atoms with Gasteiger partial charge in [0.2, 0.25) is 0 Å². The summed E-state index contributed by atoms with van der Waals surface area (Å²) in [6, 6.07) is 14.6. The molecule has 25 heavy (non-hydrogen) atoms. The summed E-state index contributed by atoms with van der Waals surface area (Å²) < 4.78 is 5.21. The molecule has 0 saturated carbocycles. The minimum Gasteiger partial charge on any atom is -0.504 e. The van der Waals surface area contributed by atoms with Crippen LogP contribution < -0.4 is 4.74 Å². The molecule has 2 heterocycles. The molecule has 2 aromatic carbocycles. The number of carbonyl (C=O) groups is 1. The fourth-order valence-corrected chi connectivity index (χ4v) is 3.34. The van der Waals surface area contributed by atoms with E-state index in [4.69, 9.17) is 4.74 Å². The quantitative estimate of drug-likeness (QED) is 0.771. The molecule has 6 heteroatoms. The van der Waals surface area contributed by atoms with Gasteiger partial charge in [-0.25, -0.2) is 0 Å². The maximum absolute atomic E-state index is 12.6. The van der Waals surface area contributed by atoms with Gasteiger partial charge in [-0.05, 0) is 17.7 Å². The van der Waals surface area contributed by atoms with Crippen molar-refractivity contribution in [2.24, 2.45) is 0 Å². The summed E-state index contributed by atoms with van der Waals surface area (Å²) >= 11 is 0. The lowest BCUT2D eigenvalue weighted by molar-refractivity contribution is 0.0787. The van der Waals surface area contributed by atoms with E-state index in [9.17, 15) is 9.90 Å². The van der Waals surface area contributed by atoms with Gasteiger partial charge in [0.05, 0.1) is 18.8 Å². The topological polar surface area (TPSA) is 78.5 Å². The van der Waals surface area contributed by atoms with Crippen LogP contribution >= 0.6 is 0 Å². The summed E-state index contributed by atoms with van der Waals surface area (Å²) in [6.07, 6.45) is 0. The number of aromatic amines is 1. The van der Waals surface area contributed by atoms with Crippen LogP contribution in [0.1, 0.15) is 27.7 Å². The summed E-state index contributed by atoms with van der Waals surface area (Å²) in [4.78, 5) is 14.3. The number of carbonyl (C=O) groups excluding carboxylic acids is 1. The Labute approximate surface area is 144 Å². The number of benzene rings is 2. The molecular formula is C19H17N3O3. The molecule has 126 valence electrons. The number of aromatic hydroxyl groups is 1. The first kappa shape index (κ1) is 15.3. The highest BCUT2D eigenvalue weighted by Gasteiger charge is 2.40. The number of amides is 1. The second-order valence-corrected chi connectivity index (χ2v) is 5.98. The zero-order chi connectivity index (χ0) is 17.6. The molecule has 1 amide bonds. The van der Waals surface area contributed by atoms with Crippen molar-refractivity contribution in [3.63, 3.8) is 0 Å². The third kappa shape index (κ3) is 2.26. The Morgan fingerprint density at radius 1 is 1.20 bits per heavy atom. The zero-order valence-electron chi connectivity index (χ0n) is 13.9. The van der Waals surface area contributed by atoms with Crippen molar-refractivity contribution < 1.29 is 14.6 Å². The lowest BCUT2D eigenvalue weighted by Crippen LogP contribution is -2.24. The molecule has 0 unspecified atom stereocenters. The van der Waals surface area contributed by atoms with Crippen LogP contribution in [0.5, 0.6) is 11.5 Å².